The van der Waals surface area contributed by atoms with Gasteiger partial charge in [0.25, 0.3) is 0 Å². The number of aromatic nitrogens is 2. The Morgan fingerprint density at radius 3 is 2.89 bits per heavy atom. The van der Waals surface area contributed by atoms with Gasteiger partial charge in [-0.1, -0.05) is 43.3 Å². The summed E-state index contributed by atoms with van der Waals surface area (Å²) >= 11 is 0. The Morgan fingerprint density at radius 2 is 2.07 bits per heavy atom. The van der Waals surface area contributed by atoms with Crippen LogP contribution in [0.15, 0.2) is 54.5 Å². The zero-order chi connectivity index (χ0) is 19.5. The SMILES string of the molecule is C[C@@H]1C(=O)CCN(NC(=O)n2cc(Cc3ccccc3)cn2)C2=CCCC[C@H]21. The molecule has 0 radical (unpaired) electrons. The lowest BCUT2D eigenvalue weighted by atomic mass is 9.81. The predicted molar refractivity (Wildman–Crippen MR) is 106 cm³/mol. The Hall–Kier alpha value is -2.89. The van der Waals surface area contributed by atoms with E-state index < -0.39 is 0 Å². The van der Waals surface area contributed by atoms with Crippen LogP contribution in [0.1, 0.15) is 43.7 Å². The van der Waals surface area contributed by atoms with Crippen LogP contribution in [-0.4, -0.2) is 33.1 Å². The van der Waals surface area contributed by atoms with E-state index in [1.54, 1.807) is 12.4 Å². The number of hydrogen-bond donors (Lipinski definition) is 1. The zero-order valence-corrected chi connectivity index (χ0v) is 16.2. The van der Waals surface area contributed by atoms with Crippen LogP contribution in [0.4, 0.5) is 4.79 Å². The van der Waals surface area contributed by atoms with E-state index in [1.807, 2.05) is 30.1 Å². The first-order valence-corrected chi connectivity index (χ1v) is 10.0. The molecule has 28 heavy (non-hydrogen) atoms. The summed E-state index contributed by atoms with van der Waals surface area (Å²) in [6.07, 6.45) is 9.92. The number of fused-ring (bicyclic) bond motifs is 1. The molecule has 6 heteroatoms. The molecule has 1 saturated heterocycles. The van der Waals surface area contributed by atoms with Crippen molar-refractivity contribution in [3.63, 3.8) is 0 Å². The number of nitrogens with zero attached hydrogens (tertiary/aromatic N) is 3. The molecule has 146 valence electrons. The minimum Gasteiger partial charge on any atom is -0.299 e. The number of hydrazine groups is 1. The van der Waals surface area contributed by atoms with Crippen LogP contribution in [0.2, 0.25) is 0 Å². The summed E-state index contributed by atoms with van der Waals surface area (Å²) in [5.74, 6) is 0.477. The topological polar surface area (TPSA) is 67.2 Å². The van der Waals surface area contributed by atoms with Crippen LogP contribution in [0.3, 0.4) is 0 Å². The lowest BCUT2D eigenvalue weighted by molar-refractivity contribution is -0.123. The number of hydrogen-bond acceptors (Lipinski definition) is 4. The van der Waals surface area contributed by atoms with Gasteiger partial charge in [-0.2, -0.15) is 9.78 Å². The molecule has 2 aliphatic rings. The average molecular weight is 378 g/mol. The van der Waals surface area contributed by atoms with Gasteiger partial charge in [0, 0.05) is 43.1 Å². The van der Waals surface area contributed by atoms with Crippen LogP contribution in [-0.2, 0) is 11.2 Å². The molecular formula is C22H26N4O2. The Balaban J connectivity index is 1.47. The molecule has 1 amide bonds. The van der Waals surface area contributed by atoms with E-state index in [4.69, 9.17) is 0 Å². The standard InChI is InChI=1S/C22H26N4O2/c1-16-19-9-5-6-10-20(19)25(12-11-21(16)27)24-22(28)26-15-18(14-23-26)13-17-7-3-2-4-8-17/h2-4,7-8,10,14-16,19H,5-6,9,11-13H2,1H3,(H,24,28)/t16-,19-/m0/s1. The molecule has 0 saturated carbocycles. The Bertz CT molecular complexity index is 887. The summed E-state index contributed by atoms with van der Waals surface area (Å²) < 4.78 is 1.34. The summed E-state index contributed by atoms with van der Waals surface area (Å²) in [4.78, 5) is 25.1. The van der Waals surface area contributed by atoms with Crippen LogP contribution in [0, 0.1) is 11.8 Å². The van der Waals surface area contributed by atoms with Crippen molar-refractivity contribution < 1.29 is 9.59 Å². The molecule has 2 heterocycles. The van der Waals surface area contributed by atoms with Crippen molar-refractivity contribution in [3.05, 3.63) is 65.6 Å². The van der Waals surface area contributed by atoms with Gasteiger partial charge in [0.15, 0.2) is 0 Å². The van der Waals surface area contributed by atoms with Gasteiger partial charge in [-0.3, -0.25) is 9.80 Å². The van der Waals surface area contributed by atoms with Crippen molar-refractivity contribution in [1.29, 1.82) is 0 Å². The second kappa shape index (κ2) is 8.00. The van der Waals surface area contributed by atoms with E-state index >= 15 is 0 Å². The summed E-state index contributed by atoms with van der Waals surface area (Å²) in [6, 6.07) is 9.81. The molecule has 1 aliphatic carbocycles. The lowest BCUT2D eigenvalue weighted by Gasteiger charge is -2.33. The fourth-order valence-corrected chi connectivity index (χ4v) is 4.19. The van der Waals surface area contributed by atoms with Crippen molar-refractivity contribution in [2.75, 3.05) is 6.54 Å². The highest BCUT2D eigenvalue weighted by atomic mass is 16.2. The van der Waals surface area contributed by atoms with Crippen LogP contribution >= 0.6 is 0 Å². The average Bonchev–Trinajstić information content (AvgIpc) is 3.15. The first-order valence-electron chi connectivity index (χ1n) is 10.0. The van der Waals surface area contributed by atoms with Crippen molar-refractivity contribution in [2.45, 2.75) is 39.0 Å². The quantitative estimate of drug-likeness (QED) is 0.887. The van der Waals surface area contributed by atoms with Gasteiger partial charge in [0.1, 0.15) is 5.78 Å². The Labute approximate surface area is 165 Å². The monoisotopic (exact) mass is 378 g/mol. The van der Waals surface area contributed by atoms with Crippen LogP contribution in [0.25, 0.3) is 0 Å². The molecule has 1 aromatic heterocycles. The van der Waals surface area contributed by atoms with Crippen molar-refractivity contribution in [3.8, 4) is 0 Å². The Kier molecular flexibility index (Phi) is 5.28. The third-order valence-corrected chi connectivity index (χ3v) is 5.78. The summed E-state index contributed by atoms with van der Waals surface area (Å²) in [7, 11) is 0. The minimum atomic E-state index is -0.300. The molecule has 6 nitrogen and oxygen atoms in total. The van der Waals surface area contributed by atoms with E-state index in [-0.39, 0.29) is 23.7 Å². The molecule has 0 bridgehead atoms. The van der Waals surface area contributed by atoms with Crippen molar-refractivity contribution in [2.24, 2.45) is 11.8 Å². The van der Waals surface area contributed by atoms with Gasteiger partial charge in [0.05, 0.1) is 6.20 Å². The molecule has 1 N–H and O–H groups in total. The van der Waals surface area contributed by atoms with Gasteiger partial charge in [-0.05, 0) is 30.4 Å². The van der Waals surface area contributed by atoms with Gasteiger partial charge in [0.2, 0.25) is 0 Å². The molecule has 2 aromatic rings. The fourth-order valence-electron chi connectivity index (χ4n) is 4.19. The van der Waals surface area contributed by atoms with Gasteiger partial charge < -0.3 is 0 Å². The highest BCUT2D eigenvalue weighted by Gasteiger charge is 2.35. The van der Waals surface area contributed by atoms with E-state index in [9.17, 15) is 9.59 Å². The normalized spacial score (nSPS) is 22.2. The fraction of sp³-hybridized carbons (Fsp3) is 0.409. The van der Waals surface area contributed by atoms with Crippen molar-refractivity contribution >= 4 is 11.8 Å². The summed E-state index contributed by atoms with van der Waals surface area (Å²) in [5.41, 5.74) is 6.21. The number of benzene rings is 1. The Morgan fingerprint density at radius 1 is 1.25 bits per heavy atom. The third-order valence-electron chi connectivity index (χ3n) is 5.78. The highest BCUT2D eigenvalue weighted by molar-refractivity contribution is 5.82. The van der Waals surface area contributed by atoms with Gasteiger partial charge >= 0.3 is 6.03 Å². The smallest absolute Gasteiger partial charge is 0.299 e. The number of carbonyl (C=O) groups is 2. The van der Waals surface area contributed by atoms with Crippen LogP contribution in [0.5, 0.6) is 0 Å². The number of rotatable bonds is 3. The largest absolute Gasteiger partial charge is 0.360 e. The van der Waals surface area contributed by atoms with Crippen molar-refractivity contribution in [1.82, 2.24) is 20.2 Å². The summed E-state index contributed by atoms with van der Waals surface area (Å²) in [5, 5.41) is 6.09. The zero-order valence-electron chi connectivity index (χ0n) is 16.2. The number of carbonyl (C=O) groups excluding carboxylic acids is 2. The van der Waals surface area contributed by atoms with Gasteiger partial charge in [-0.25, -0.2) is 10.2 Å². The number of amides is 1. The van der Waals surface area contributed by atoms with E-state index in [0.29, 0.717) is 13.0 Å². The predicted octanol–water partition coefficient (Wildman–Crippen LogP) is 3.54. The first kappa shape index (κ1) is 18.5. The number of ketones is 1. The molecule has 1 aromatic carbocycles. The van der Waals surface area contributed by atoms with E-state index in [1.165, 1.54) is 10.2 Å². The second-order valence-corrected chi connectivity index (χ2v) is 7.70. The molecule has 0 unspecified atom stereocenters. The third kappa shape index (κ3) is 3.86. The van der Waals surface area contributed by atoms with Crippen LogP contribution < -0.4 is 5.43 Å². The maximum Gasteiger partial charge on any atom is 0.360 e. The number of Topliss-reactive ketones (excluding diaryl/α,β-unsaturated/α-hetero) is 1. The highest BCUT2D eigenvalue weighted by Crippen LogP contribution is 2.35. The maximum absolute atomic E-state index is 12.8. The molecule has 2 atom stereocenters. The molecular weight excluding hydrogens is 352 g/mol. The molecule has 0 spiro atoms. The van der Waals surface area contributed by atoms with E-state index in [0.717, 1.165) is 36.9 Å². The molecule has 1 fully saturated rings. The first-order chi connectivity index (χ1) is 13.6. The number of nitrogens with one attached hydrogen (secondary N) is 1. The second-order valence-electron chi connectivity index (χ2n) is 7.70. The molecule has 4 rings (SSSR count). The minimum absolute atomic E-state index is 0.00984. The van der Waals surface area contributed by atoms with E-state index in [2.05, 4.69) is 28.7 Å². The van der Waals surface area contributed by atoms with Gasteiger partial charge in [-0.15, -0.1) is 0 Å². The number of allylic oxidation sites excluding steroid dienone is 2. The summed E-state index contributed by atoms with van der Waals surface area (Å²) in [6.45, 7) is 2.52. The lowest BCUT2D eigenvalue weighted by Crippen LogP contribution is -2.45. The molecule has 1 aliphatic heterocycles. The maximum atomic E-state index is 12.8.